The first-order valence-corrected chi connectivity index (χ1v) is 7.70. The maximum atomic E-state index is 12.5. The van der Waals surface area contributed by atoms with E-state index in [1.807, 2.05) is 27.7 Å². The molecular weight excluding hydrogens is 264 g/mol. The monoisotopic (exact) mass is 288 g/mol. The normalized spacial score (nSPS) is 14.9. The Labute approximate surface area is 115 Å². The highest BCUT2D eigenvalue weighted by atomic mass is 32.2. The van der Waals surface area contributed by atoms with Crippen molar-refractivity contribution in [2.75, 3.05) is 7.05 Å². The van der Waals surface area contributed by atoms with Crippen molar-refractivity contribution in [2.24, 2.45) is 12.5 Å². The average Bonchev–Trinajstić information content (AvgIpc) is 2.67. The van der Waals surface area contributed by atoms with Crippen molar-refractivity contribution in [3.05, 3.63) is 18.0 Å². The molecule has 19 heavy (non-hydrogen) atoms. The van der Waals surface area contributed by atoms with Gasteiger partial charge in [-0.3, -0.25) is 0 Å². The zero-order valence-electron chi connectivity index (χ0n) is 12.5. The summed E-state index contributed by atoms with van der Waals surface area (Å²) in [6, 6.07) is 1.39. The molecular formula is C13H24N2O3S. The molecule has 1 heterocycles. The van der Waals surface area contributed by atoms with Crippen LogP contribution in [0.5, 0.6) is 0 Å². The zero-order valence-corrected chi connectivity index (χ0v) is 13.3. The molecule has 0 aliphatic heterocycles. The van der Waals surface area contributed by atoms with Gasteiger partial charge in [-0.25, -0.2) is 8.42 Å². The minimum absolute atomic E-state index is 0.129. The van der Waals surface area contributed by atoms with E-state index in [9.17, 15) is 8.42 Å². The van der Waals surface area contributed by atoms with Gasteiger partial charge in [0.25, 0.3) is 0 Å². The van der Waals surface area contributed by atoms with Crippen LogP contribution in [0.4, 0.5) is 0 Å². The SMILES string of the molecule is CC(N(C)S(=O)(=O)c1cc(CO)n(C)c1)C(C)(C)C. The van der Waals surface area contributed by atoms with Crippen LogP contribution in [0.1, 0.15) is 33.4 Å². The standard InChI is InChI=1S/C13H24N2O3S/c1-10(13(2,3)4)15(6)19(17,18)12-7-11(9-16)14(5)8-12/h7-8,10,16H,9H2,1-6H3. The molecule has 1 N–H and O–H groups in total. The van der Waals surface area contributed by atoms with Crippen LogP contribution in [0.15, 0.2) is 17.2 Å². The van der Waals surface area contributed by atoms with Crippen LogP contribution in [-0.4, -0.2) is 35.5 Å². The highest BCUT2D eigenvalue weighted by Gasteiger charge is 2.33. The molecule has 1 aromatic heterocycles. The second-order valence-electron chi connectivity index (χ2n) is 6.00. The van der Waals surface area contributed by atoms with Crippen molar-refractivity contribution in [1.29, 1.82) is 0 Å². The molecule has 0 aromatic carbocycles. The lowest BCUT2D eigenvalue weighted by atomic mass is 9.88. The van der Waals surface area contributed by atoms with Gasteiger partial charge in [-0.1, -0.05) is 20.8 Å². The number of nitrogens with zero attached hydrogens (tertiary/aromatic N) is 2. The summed E-state index contributed by atoms with van der Waals surface area (Å²) in [5.41, 5.74) is 0.437. The topological polar surface area (TPSA) is 62.5 Å². The number of aryl methyl sites for hydroxylation is 1. The van der Waals surface area contributed by atoms with Crippen LogP contribution in [0.2, 0.25) is 0 Å². The Kier molecular flexibility index (Phi) is 4.49. The van der Waals surface area contributed by atoms with E-state index in [0.29, 0.717) is 5.69 Å². The third kappa shape index (κ3) is 3.19. The Morgan fingerprint density at radius 1 is 1.42 bits per heavy atom. The Hall–Kier alpha value is -0.850. The number of aliphatic hydroxyl groups is 1. The minimum Gasteiger partial charge on any atom is -0.390 e. The molecule has 6 heteroatoms. The fourth-order valence-corrected chi connectivity index (χ4v) is 3.44. The second-order valence-corrected chi connectivity index (χ2v) is 8.00. The fraction of sp³-hybridized carbons (Fsp3) is 0.692. The molecule has 0 bridgehead atoms. The third-order valence-electron chi connectivity index (χ3n) is 3.72. The van der Waals surface area contributed by atoms with Gasteiger partial charge in [-0.2, -0.15) is 4.31 Å². The zero-order chi connectivity index (χ0) is 15.0. The third-order valence-corrected chi connectivity index (χ3v) is 5.61. The van der Waals surface area contributed by atoms with Gasteiger partial charge in [0.15, 0.2) is 0 Å². The van der Waals surface area contributed by atoms with Gasteiger partial charge in [0.1, 0.15) is 4.90 Å². The van der Waals surface area contributed by atoms with E-state index >= 15 is 0 Å². The molecule has 1 rings (SSSR count). The quantitative estimate of drug-likeness (QED) is 0.915. The van der Waals surface area contributed by atoms with Crippen LogP contribution in [0.3, 0.4) is 0 Å². The molecule has 0 saturated carbocycles. The Balaban J connectivity index is 3.16. The summed E-state index contributed by atoms with van der Waals surface area (Å²) in [6.07, 6.45) is 1.53. The van der Waals surface area contributed by atoms with E-state index in [1.165, 1.54) is 16.6 Å². The molecule has 1 aromatic rings. The van der Waals surface area contributed by atoms with Gasteiger partial charge in [-0.15, -0.1) is 0 Å². The molecule has 0 radical (unpaired) electrons. The molecule has 5 nitrogen and oxygen atoms in total. The molecule has 0 aliphatic rings. The maximum Gasteiger partial charge on any atom is 0.244 e. The molecule has 1 atom stereocenters. The van der Waals surface area contributed by atoms with Gasteiger partial charge in [-0.05, 0) is 18.4 Å². The maximum absolute atomic E-state index is 12.5. The lowest BCUT2D eigenvalue weighted by Gasteiger charge is -2.34. The van der Waals surface area contributed by atoms with E-state index in [-0.39, 0.29) is 23.0 Å². The first-order chi connectivity index (χ1) is 8.51. The van der Waals surface area contributed by atoms with Crippen LogP contribution in [0, 0.1) is 5.41 Å². The number of hydrogen-bond donors (Lipinski definition) is 1. The minimum atomic E-state index is -3.53. The van der Waals surface area contributed by atoms with Gasteiger partial charge < -0.3 is 9.67 Å². The summed E-state index contributed by atoms with van der Waals surface area (Å²) in [6.45, 7) is 7.74. The number of aromatic nitrogens is 1. The first-order valence-electron chi connectivity index (χ1n) is 6.26. The summed E-state index contributed by atoms with van der Waals surface area (Å²) in [4.78, 5) is 0.220. The van der Waals surface area contributed by atoms with E-state index < -0.39 is 10.0 Å². The summed E-state index contributed by atoms with van der Waals surface area (Å²) in [5.74, 6) is 0. The smallest absolute Gasteiger partial charge is 0.244 e. The van der Waals surface area contributed by atoms with Crippen molar-refractivity contribution in [2.45, 2.75) is 45.2 Å². The van der Waals surface area contributed by atoms with Crippen LogP contribution >= 0.6 is 0 Å². The Morgan fingerprint density at radius 2 is 1.95 bits per heavy atom. The molecule has 0 spiro atoms. The largest absolute Gasteiger partial charge is 0.390 e. The number of sulfonamides is 1. The van der Waals surface area contributed by atoms with Crippen LogP contribution in [-0.2, 0) is 23.7 Å². The summed E-state index contributed by atoms with van der Waals surface area (Å²) < 4.78 is 28.1. The molecule has 0 fully saturated rings. The summed E-state index contributed by atoms with van der Waals surface area (Å²) >= 11 is 0. The van der Waals surface area contributed by atoms with Crippen molar-refractivity contribution in [3.8, 4) is 0 Å². The van der Waals surface area contributed by atoms with Gasteiger partial charge >= 0.3 is 0 Å². The molecule has 1 unspecified atom stereocenters. The van der Waals surface area contributed by atoms with Gasteiger partial charge in [0.05, 0.1) is 6.61 Å². The second kappa shape index (κ2) is 5.26. The van der Waals surface area contributed by atoms with Crippen molar-refractivity contribution < 1.29 is 13.5 Å². The predicted molar refractivity (Wildman–Crippen MR) is 75.2 cm³/mol. The number of aliphatic hydroxyl groups excluding tert-OH is 1. The van der Waals surface area contributed by atoms with E-state index in [0.717, 1.165) is 0 Å². The number of hydrogen-bond acceptors (Lipinski definition) is 3. The fourth-order valence-electron chi connectivity index (χ4n) is 1.80. The summed E-state index contributed by atoms with van der Waals surface area (Å²) in [7, 11) is -0.218. The summed E-state index contributed by atoms with van der Waals surface area (Å²) in [5, 5.41) is 9.15. The molecule has 110 valence electrons. The lowest BCUT2D eigenvalue weighted by molar-refractivity contribution is 0.216. The highest BCUT2D eigenvalue weighted by Crippen LogP contribution is 2.28. The predicted octanol–water partition coefficient (Wildman–Crippen LogP) is 1.57. The first kappa shape index (κ1) is 16.2. The van der Waals surface area contributed by atoms with Gasteiger partial charge in [0.2, 0.25) is 10.0 Å². The van der Waals surface area contributed by atoms with E-state index in [4.69, 9.17) is 5.11 Å². The number of rotatable bonds is 4. The lowest BCUT2D eigenvalue weighted by Crippen LogP contribution is -2.42. The molecule has 0 saturated heterocycles. The van der Waals surface area contributed by atoms with Crippen LogP contribution in [0.25, 0.3) is 0 Å². The van der Waals surface area contributed by atoms with Crippen LogP contribution < -0.4 is 0 Å². The van der Waals surface area contributed by atoms with E-state index in [1.54, 1.807) is 18.7 Å². The molecule has 0 amide bonds. The van der Waals surface area contributed by atoms with Crippen molar-refractivity contribution in [1.82, 2.24) is 8.87 Å². The average molecular weight is 288 g/mol. The van der Waals surface area contributed by atoms with Gasteiger partial charge in [0, 0.05) is 32.0 Å². The van der Waals surface area contributed by atoms with Crippen molar-refractivity contribution >= 4 is 10.0 Å². The highest BCUT2D eigenvalue weighted by molar-refractivity contribution is 7.89. The van der Waals surface area contributed by atoms with E-state index in [2.05, 4.69) is 0 Å². The molecule has 0 aliphatic carbocycles. The Bertz CT molecular complexity index is 541. The Morgan fingerprint density at radius 3 is 2.32 bits per heavy atom. The van der Waals surface area contributed by atoms with Crippen molar-refractivity contribution in [3.63, 3.8) is 0 Å².